The lowest BCUT2D eigenvalue weighted by molar-refractivity contribution is 0.0459. The molecule has 1 aromatic rings. The third-order valence-electron chi connectivity index (χ3n) is 3.45. The lowest BCUT2D eigenvalue weighted by Crippen LogP contribution is -2.38. The molecular weight excluding hydrogens is 262 g/mol. The van der Waals surface area contributed by atoms with Crippen LogP contribution in [-0.4, -0.2) is 31.6 Å². The zero-order chi connectivity index (χ0) is 13.8. The molecule has 0 aromatic heterocycles. The predicted molar refractivity (Wildman–Crippen MR) is 79.3 cm³/mol. The number of nitrogen functional groups attached to an aromatic ring is 1. The highest BCUT2D eigenvalue weighted by Crippen LogP contribution is 2.29. The Hall–Kier alpha value is -1.26. The second-order valence-electron chi connectivity index (χ2n) is 4.69. The maximum absolute atomic E-state index is 7.68. The van der Waals surface area contributed by atoms with Crippen LogP contribution in [0.15, 0.2) is 18.2 Å². The van der Waals surface area contributed by atoms with Crippen LogP contribution < -0.4 is 10.6 Å². The predicted octanol–water partition coefficient (Wildman–Crippen LogP) is 2.63. The minimum absolute atomic E-state index is 0.0209. The topological polar surface area (TPSA) is 62.3 Å². The number of nitrogens with two attached hydrogens (primary N) is 1. The van der Waals surface area contributed by atoms with Crippen molar-refractivity contribution in [3.8, 4) is 0 Å². The molecule has 19 heavy (non-hydrogen) atoms. The number of hydrogen-bond acceptors (Lipinski definition) is 3. The van der Waals surface area contributed by atoms with E-state index in [-0.39, 0.29) is 5.84 Å². The Bertz CT molecular complexity index is 456. The quantitative estimate of drug-likeness (QED) is 0.659. The Morgan fingerprint density at radius 1 is 1.47 bits per heavy atom. The van der Waals surface area contributed by atoms with Crippen molar-refractivity contribution < 1.29 is 4.74 Å². The van der Waals surface area contributed by atoms with E-state index >= 15 is 0 Å². The normalized spacial score (nSPS) is 16.6. The van der Waals surface area contributed by atoms with Gasteiger partial charge in [0.15, 0.2) is 0 Å². The molecule has 1 aliphatic rings. The molecule has 3 N–H and O–H groups in total. The van der Waals surface area contributed by atoms with Crippen LogP contribution in [0.2, 0.25) is 5.02 Å². The average Bonchev–Trinajstić information content (AvgIpc) is 2.39. The van der Waals surface area contributed by atoms with Crippen LogP contribution >= 0.6 is 11.6 Å². The highest BCUT2D eigenvalue weighted by molar-refractivity contribution is 6.34. The van der Waals surface area contributed by atoms with Gasteiger partial charge in [0.25, 0.3) is 0 Å². The van der Waals surface area contributed by atoms with Gasteiger partial charge in [-0.3, -0.25) is 5.41 Å². The van der Waals surface area contributed by atoms with Gasteiger partial charge in [-0.25, -0.2) is 0 Å². The van der Waals surface area contributed by atoms with Crippen LogP contribution in [0.4, 0.5) is 5.69 Å². The number of amidine groups is 1. The number of piperidine rings is 1. The van der Waals surface area contributed by atoms with Crippen molar-refractivity contribution in [3.63, 3.8) is 0 Å². The van der Waals surface area contributed by atoms with E-state index in [0.29, 0.717) is 16.7 Å². The molecule has 104 valence electrons. The summed E-state index contributed by atoms with van der Waals surface area (Å²) < 4.78 is 5.65. The molecule has 5 heteroatoms. The number of halogens is 1. The number of hydrogen-bond donors (Lipinski definition) is 2. The van der Waals surface area contributed by atoms with Crippen molar-refractivity contribution in [1.82, 2.24) is 0 Å². The molecule has 1 aromatic carbocycles. The Morgan fingerprint density at radius 3 is 2.74 bits per heavy atom. The summed E-state index contributed by atoms with van der Waals surface area (Å²) in [5, 5.41) is 8.22. The minimum Gasteiger partial charge on any atom is -0.384 e. The van der Waals surface area contributed by atoms with Gasteiger partial charge in [0.1, 0.15) is 5.84 Å². The first kappa shape index (κ1) is 14.2. The second kappa shape index (κ2) is 6.26. The van der Waals surface area contributed by atoms with E-state index in [1.54, 1.807) is 6.07 Å². The highest BCUT2D eigenvalue weighted by Gasteiger charge is 2.22. The molecule has 0 radical (unpaired) electrons. The molecule has 4 nitrogen and oxygen atoms in total. The zero-order valence-corrected chi connectivity index (χ0v) is 11.9. The van der Waals surface area contributed by atoms with Gasteiger partial charge in [0, 0.05) is 25.4 Å². The van der Waals surface area contributed by atoms with Crippen molar-refractivity contribution >= 4 is 23.1 Å². The van der Waals surface area contributed by atoms with Crippen molar-refractivity contribution in [1.29, 1.82) is 5.41 Å². The van der Waals surface area contributed by atoms with Gasteiger partial charge in [-0.15, -0.1) is 0 Å². The summed E-state index contributed by atoms with van der Waals surface area (Å²) in [7, 11) is 0. The van der Waals surface area contributed by atoms with Gasteiger partial charge < -0.3 is 15.4 Å². The van der Waals surface area contributed by atoms with Crippen molar-refractivity contribution in [2.45, 2.75) is 25.9 Å². The van der Waals surface area contributed by atoms with Crippen LogP contribution in [-0.2, 0) is 4.74 Å². The molecule has 1 saturated heterocycles. The van der Waals surface area contributed by atoms with Gasteiger partial charge in [0.2, 0.25) is 0 Å². The lowest BCUT2D eigenvalue weighted by atomic mass is 10.0. The summed E-state index contributed by atoms with van der Waals surface area (Å²) in [6, 6.07) is 5.65. The van der Waals surface area contributed by atoms with Gasteiger partial charge in [-0.1, -0.05) is 17.7 Å². The summed E-state index contributed by atoms with van der Waals surface area (Å²) >= 11 is 6.15. The zero-order valence-electron chi connectivity index (χ0n) is 11.2. The summed E-state index contributed by atoms with van der Waals surface area (Å²) in [4.78, 5) is 2.23. The molecule has 0 amide bonds. The van der Waals surface area contributed by atoms with Crippen molar-refractivity contribution in [2.24, 2.45) is 5.73 Å². The van der Waals surface area contributed by atoms with Gasteiger partial charge in [0.05, 0.1) is 16.7 Å². The maximum Gasteiger partial charge on any atom is 0.126 e. The summed E-state index contributed by atoms with van der Waals surface area (Å²) in [5.41, 5.74) is 7.24. The van der Waals surface area contributed by atoms with Crippen LogP contribution in [0.5, 0.6) is 0 Å². The van der Waals surface area contributed by atoms with E-state index in [1.165, 1.54) is 0 Å². The summed E-state index contributed by atoms with van der Waals surface area (Å²) in [6.07, 6.45) is 2.34. The summed E-state index contributed by atoms with van der Waals surface area (Å²) in [6.45, 7) is 4.61. The molecule has 0 bridgehead atoms. The van der Waals surface area contributed by atoms with Gasteiger partial charge in [-0.2, -0.15) is 0 Å². The monoisotopic (exact) mass is 281 g/mol. The molecule has 0 atom stereocenters. The van der Waals surface area contributed by atoms with Gasteiger partial charge >= 0.3 is 0 Å². The highest BCUT2D eigenvalue weighted by atomic mass is 35.5. The fourth-order valence-electron chi connectivity index (χ4n) is 2.54. The Kier molecular flexibility index (Phi) is 4.66. The number of nitrogens with one attached hydrogen (secondary N) is 1. The molecular formula is C14H20ClN3O. The Balaban J connectivity index is 2.15. The average molecular weight is 282 g/mol. The SMILES string of the molecule is CCOC1CCN(c2cccc(Cl)c2C(=N)N)CC1. The first-order chi connectivity index (χ1) is 9.13. The summed E-state index contributed by atoms with van der Waals surface area (Å²) in [5.74, 6) is 0.0209. The van der Waals surface area contributed by atoms with Crippen LogP contribution in [0, 0.1) is 5.41 Å². The van der Waals surface area contributed by atoms with Crippen molar-refractivity contribution in [2.75, 3.05) is 24.6 Å². The standard InChI is InChI=1S/C14H20ClN3O/c1-2-19-10-6-8-18(9-7-10)12-5-3-4-11(15)13(12)14(16)17/h3-5,10H,2,6-9H2,1H3,(H3,16,17). The largest absolute Gasteiger partial charge is 0.384 e. The number of benzene rings is 1. The van der Waals surface area contributed by atoms with Gasteiger partial charge in [-0.05, 0) is 31.9 Å². The molecule has 0 aliphatic carbocycles. The molecule has 1 aliphatic heterocycles. The fraction of sp³-hybridized carbons (Fsp3) is 0.500. The fourth-order valence-corrected chi connectivity index (χ4v) is 2.81. The Morgan fingerprint density at radius 2 is 2.16 bits per heavy atom. The van der Waals surface area contributed by atoms with E-state index in [0.717, 1.165) is 38.2 Å². The van der Waals surface area contributed by atoms with Crippen LogP contribution in [0.25, 0.3) is 0 Å². The van der Waals surface area contributed by atoms with E-state index < -0.39 is 0 Å². The number of nitrogens with zero attached hydrogens (tertiary/aromatic N) is 1. The molecule has 2 rings (SSSR count). The first-order valence-electron chi connectivity index (χ1n) is 6.63. The third kappa shape index (κ3) is 3.19. The van der Waals surface area contributed by atoms with E-state index in [9.17, 15) is 0 Å². The first-order valence-corrected chi connectivity index (χ1v) is 7.00. The molecule has 0 unspecified atom stereocenters. The molecule has 0 spiro atoms. The lowest BCUT2D eigenvalue weighted by Gasteiger charge is -2.34. The second-order valence-corrected chi connectivity index (χ2v) is 5.10. The minimum atomic E-state index is 0.0209. The number of anilines is 1. The smallest absolute Gasteiger partial charge is 0.126 e. The Labute approximate surface area is 119 Å². The molecule has 0 saturated carbocycles. The van der Waals surface area contributed by atoms with E-state index in [1.807, 2.05) is 19.1 Å². The number of rotatable bonds is 4. The number of ether oxygens (including phenoxy) is 1. The van der Waals surface area contributed by atoms with E-state index in [4.69, 9.17) is 27.5 Å². The van der Waals surface area contributed by atoms with Crippen LogP contribution in [0.3, 0.4) is 0 Å². The van der Waals surface area contributed by atoms with Crippen molar-refractivity contribution in [3.05, 3.63) is 28.8 Å². The maximum atomic E-state index is 7.68. The molecule has 1 heterocycles. The molecule has 1 fully saturated rings. The van der Waals surface area contributed by atoms with Crippen LogP contribution in [0.1, 0.15) is 25.3 Å². The third-order valence-corrected chi connectivity index (χ3v) is 3.76. The van der Waals surface area contributed by atoms with E-state index in [2.05, 4.69) is 4.90 Å².